The number of carbonyl (C=O) groups is 1. The van der Waals surface area contributed by atoms with Crippen LogP contribution < -0.4 is 15.0 Å². The van der Waals surface area contributed by atoms with Crippen molar-refractivity contribution in [3.63, 3.8) is 0 Å². The van der Waals surface area contributed by atoms with Gasteiger partial charge in [-0.1, -0.05) is 6.58 Å². The van der Waals surface area contributed by atoms with Gasteiger partial charge in [0.2, 0.25) is 0 Å². The van der Waals surface area contributed by atoms with Gasteiger partial charge in [-0.15, -0.1) is 0 Å². The molecule has 1 aromatic rings. The first-order valence-corrected chi connectivity index (χ1v) is 6.21. The zero-order valence-corrected chi connectivity index (χ0v) is 10.2. The largest absolute Gasteiger partial charge is 0.485 e. The number of ketones is 1. The lowest BCUT2D eigenvalue weighted by molar-refractivity contribution is -0.119. The van der Waals surface area contributed by atoms with Crippen molar-refractivity contribution in [3.8, 4) is 5.75 Å². The predicted molar refractivity (Wildman–Crippen MR) is 71.2 cm³/mol. The molecule has 0 amide bonds. The third kappa shape index (κ3) is 2.06. The zero-order valence-electron chi connectivity index (χ0n) is 10.2. The summed E-state index contributed by atoms with van der Waals surface area (Å²) in [5.41, 5.74) is 2.96. The van der Waals surface area contributed by atoms with E-state index in [1.54, 1.807) is 0 Å². The van der Waals surface area contributed by atoms with Crippen molar-refractivity contribution < 1.29 is 9.53 Å². The molecule has 2 aliphatic rings. The molecule has 0 radical (unpaired) electrons. The molecule has 2 heterocycles. The van der Waals surface area contributed by atoms with Crippen molar-refractivity contribution in [1.82, 2.24) is 0 Å². The number of benzene rings is 1. The normalized spacial score (nSPS) is 19.0. The van der Waals surface area contributed by atoms with E-state index in [2.05, 4.69) is 22.9 Å². The van der Waals surface area contributed by atoms with Crippen molar-refractivity contribution in [1.29, 1.82) is 0 Å². The Hall–Kier alpha value is -1.97. The monoisotopic (exact) mass is 244 g/mol. The minimum atomic E-state index is 0.360. The van der Waals surface area contributed by atoms with Crippen molar-refractivity contribution in [2.45, 2.75) is 12.8 Å². The van der Waals surface area contributed by atoms with Crippen molar-refractivity contribution in [3.05, 3.63) is 30.5 Å². The number of ether oxygens (including phenoxy) is 1. The highest BCUT2D eigenvalue weighted by Gasteiger charge is 2.19. The highest BCUT2D eigenvalue weighted by atomic mass is 16.5. The summed E-state index contributed by atoms with van der Waals surface area (Å²) in [7, 11) is 0. The van der Waals surface area contributed by atoms with Gasteiger partial charge in [0.05, 0.1) is 5.69 Å². The van der Waals surface area contributed by atoms with E-state index in [0.717, 1.165) is 35.9 Å². The van der Waals surface area contributed by atoms with Crippen LogP contribution in [0.1, 0.15) is 12.8 Å². The SMILES string of the molecule is C=C1COc2ccc(N3CCC(=O)CC3)cc2N1. The molecule has 4 nitrogen and oxygen atoms in total. The van der Waals surface area contributed by atoms with Crippen molar-refractivity contribution in [2.24, 2.45) is 0 Å². The number of carbonyl (C=O) groups excluding carboxylic acids is 1. The molecule has 0 bridgehead atoms. The highest BCUT2D eigenvalue weighted by molar-refractivity contribution is 5.81. The number of anilines is 2. The fourth-order valence-corrected chi connectivity index (χ4v) is 2.34. The third-order valence-electron chi connectivity index (χ3n) is 3.36. The molecule has 94 valence electrons. The second-order valence-corrected chi connectivity index (χ2v) is 4.72. The summed E-state index contributed by atoms with van der Waals surface area (Å²) in [5.74, 6) is 1.22. The van der Waals surface area contributed by atoms with Gasteiger partial charge in [-0.25, -0.2) is 0 Å². The summed E-state index contributed by atoms with van der Waals surface area (Å²) in [6.45, 7) is 6.00. The molecule has 0 saturated carbocycles. The molecule has 4 heteroatoms. The average molecular weight is 244 g/mol. The van der Waals surface area contributed by atoms with E-state index in [1.807, 2.05) is 12.1 Å². The average Bonchev–Trinajstić information content (AvgIpc) is 2.38. The van der Waals surface area contributed by atoms with Crippen LogP contribution in [0.5, 0.6) is 5.75 Å². The molecule has 1 fully saturated rings. The summed E-state index contributed by atoms with van der Waals surface area (Å²) in [5, 5.41) is 3.24. The van der Waals surface area contributed by atoms with Crippen LogP contribution in [-0.4, -0.2) is 25.5 Å². The van der Waals surface area contributed by atoms with Crippen molar-refractivity contribution >= 4 is 17.2 Å². The standard InChI is InChI=1S/C14H16N2O2/c1-10-9-18-14-3-2-11(8-13(14)15-10)16-6-4-12(17)5-7-16/h2-3,8,15H,1,4-7,9H2. The predicted octanol–water partition coefficient (Wildman–Crippen LogP) is 2.17. The van der Waals surface area contributed by atoms with E-state index < -0.39 is 0 Å². The number of Topliss-reactive ketones (excluding diaryl/α,β-unsaturated/α-hetero) is 1. The Bertz CT molecular complexity index is 501. The van der Waals surface area contributed by atoms with Crippen LogP contribution in [0.2, 0.25) is 0 Å². The second kappa shape index (κ2) is 4.37. The maximum absolute atomic E-state index is 11.2. The van der Waals surface area contributed by atoms with Crippen LogP contribution in [0.25, 0.3) is 0 Å². The number of hydrogen-bond donors (Lipinski definition) is 1. The summed E-state index contributed by atoms with van der Waals surface area (Å²) < 4.78 is 5.56. The van der Waals surface area contributed by atoms with Crippen LogP contribution in [0, 0.1) is 0 Å². The quantitative estimate of drug-likeness (QED) is 0.822. The lowest BCUT2D eigenvalue weighted by Gasteiger charge is -2.30. The van der Waals surface area contributed by atoms with Crippen LogP contribution in [0.4, 0.5) is 11.4 Å². The maximum Gasteiger partial charge on any atom is 0.143 e. The van der Waals surface area contributed by atoms with E-state index in [1.165, 1.54) is 0 Å². The number of fused-ring (bicyclic) bond motifs is 1. The molecular formula is C14H16N2O2. The van der Waals surface area contributed by atoms with Gasteiger partial charge < -0.3 is 15.0 Å². The van der Waals surface area contributed by atoms with E-state index in [0.29, 0.717) is 25.2 Å². The van der Waals surface area contributed by atoms with E-state index >= 15 is 0 Å². The first-order valence-electron chi connectivity index (χ1n) is 6.21. The molecule has 18 heavy (non-hydrogen) atoms. The van der Waals surface area contributed by atoms with Gasteiger partial charge in [0.25, 0.3) is 0 Å². The molecule has 1 aromatic carbocycles. The first kappa shape index (κ1) is 11.1. The van der Waals surface area contributed by atoms with Crippen LogP contribution in [0.15, 0.2) is 30.5 Å². The Morgan fingerprint density at radius 2 is 2.06 bits per heavy atom. The van der Waals surface area contributed by atoms with Crippen LogP contribution >= 0.6 is 0 Å². The molecule has 3 rings (SSSR count). The molecule has 1 saturated heterocycles. The summed E-state index contributed by atoms with van der Waals surface area (Å²) in [4.78, 5) is 13.5. The zero-order chi connectivity index (χ0) is 12.5. The minimum Gasteiger partial charge on any atom is -0.485 e. The second-order valence-electron chi connectivity index (χ2n) is 4.72. The molecule has 0 unspecified atom stereocenters. The summed E-state index contributed by atoms with van der Waals surface area (Å²) >= 11 is 0. The number of piperidine rings is 1. The molecule has 0 atom stereocenters. The van der Waals surface area contributed by atoms with Crippen LogP contribution in [-0.2, 0) is 4.79 Å². The summed E-state index contributed by atoms with van der Waals surface area (Å²) in [6.07, 6.45) is 1.29. The summed E-state index contributed by atoms with van der Waals surface area (Å²) in [6, 6.07) is 6.08. The minimum absolute atomic E-state index is 0.360. The fourth-order valence-electron chi connectivity index (χ4n) is 2.34. The Morgan fingerprint density at radius 3 is 2.83 bits per heavy atom. The van der Waals surface area contributed by atoms with Gasteiger partial charge >= 0.3 is 0 Å². The lowest BCUT2D eigenvalue weighted by atomic mass is 10.1. The van der Waals surface area contributed by atoms with Gasteiger partial charge in [0, 0.05) is 37.3 Å². The number of hydrogen-bond acceptors (Lipinski definition) is 4. The first-order chi connectivity index (χ1) is 8.72. The number of nitrogens with one attached hydrogen (secondary N) is 1. The topological polar surface area (TPSA) is 41.6 Å². The fraction of sp³-hybridized carbons (Fsp3) is 0.357. The van der Waals surface area contributed by atoms with Gasteiger partial charge in [-0.05, 0) is 18.2 Å². The lowest BCUT2D eigenvalue weighted by Crippen LogP contribution is -2.33. The molecule has 1 N–H and O–H groups in total. The van der Waals surface area contributed by atoms with E-state index in [4.69, 9.17) is 4.74 Å². The smallest absolute Gasteiger partial charge is 0.143 e. The Balaban J connectivity index is 1.83. The van der Waals surface area contributed by atoms with Gasteiger partial charge in [0.15, 0.2) is 0 Å². The molecule has 0 spiro atoms. The maximum atomic E-state index is 11.2. The Kier molecular flexibility index (Phi) is 2.70. The van der Waals surface area contributed by atoms with Crippen LogP contribution in [0.3, 0.4) is 0 Å². The number of rotatable bonds is 1. The third-order valence-corrected chi connectivity index (χ3v) is 3.36. The van der Waals surface area contributed by atoms with Gasteiger partial charge in [0.1, 0.15) is 18.1 Å². The van der Waals surface area contributed by atoms with Crippen molar-refractivity contribution in [2.75, 3.05) is 29.9 Å². The molecule has 2 aliphatic heterocycles. The molecule has 0 aliphatic carbocycles. The highest BCUT2D eigenvalue weighted by Crippen LogP contribution is 2.34. The molecule has 0 aromatic heterocycles. The molecular weight excluding hydrogens is 228 g/mol. The number of nitrogens with zero attached hydrogens (tertiary/aromatic N) is 1. The van der Waals surface area contributed by atoms with Gasteiger partial charge in [-0.2, -0.15) is 0 Å². The Morgan fingerprint density at radius 1 is 1.28 bits per heavy atom. The van der Waals surface area contributed by atoms with Gasteiger partial charge in [-0.3, -0.25) is 4.79 Å². The van der Waals surface area contributed by atoms with E-state index in [-0.39, 0.29) is 0 Å². The van der Waals surface area contributed by atoms with E-state index in [9.17, 15) is 4.79 Å². The Labute approximate surface area is 106 Å².